The number of fused-ring (bicyclic) bond motifs is 1. The largest absolute Gasteiger partial charge is 0.422 e. The molecule has 3 heterocycles. The molecule has 0 atom stereocenters. The molecule has 0 saturated carbocycles. The number of nitrogen functional groups attached to an aromatic ring is 1. The van der Waals surface area contributed by atoms with Crippen LogP contribution in [0.2, 0.25) is 0 Å². The maximum atomic E-state index is 5.44. The molecule has 5 heteroatoms. The van der Waals surface area contributed by atoms with Gasteiger partial charge in [-0.2, -0.15) is 16.3 Å². The normalized spacial score (nSPS) is 10.9. The Hall–Kier alpha value is -1.88. The highest BCUT2D eigenvalue weighted by molar-refractivity contribution is 7.08. The molecule has 3 aromatic heterocycles. The van der Waals surface area contributed by atoms with Gasteiger partial charge in [-0.15, -0.1) is 0 Å². The van der Waals surface area contributed by atoms with Crippen LogP contribution in [0.4, 0.5) is 6.01 Å². The van der Waals surface area contributed by atoms with Gasteiger partial charge in [0.1, 0.15) is 0 Å². The average Bonchev–Trinajstić information content (AvgIpc) is 2.82. The molecule has 0 amide bonds. The van der Waals surface area contributed by atoms with Gasteiger partial charge < -0.3 is 10.2 Å². The Kier molecular flexibility index (Phi) is 1.72. The van der Waals surface area contributed by atoms with E-state index >= 15 is 0 Å². The quantitative estimate of drug-likeness (QED) is 0.680. The second-order valence-corrected chi connectivity index (χ2v) is 3.86. The Labute approximate surface area is 89.4 Å². The number of rotatable bonds is 1. The number of anilines is 1. The Morgan fingerprint density at radius 1 is 1.20 bits per heavy atom. The Morgan fingerprint density at radius 3 is 2.93 bits per heavy atom. The number of thiophene rings is 1. The summed E-state index contributed by atoms with van der Waals surface area (Å²) in [6, 6.07) is 5.90. The SMILES string of the molecule is Nc1nc2nc(-c3ccsc3)ccc2o1. The van der Waals surface area contributed by atoms with Gasteiger partial charge in [-0.05, 0) is 23.6 Å². The third-order valence-electron chi connectivity index (χ3n) is 2.09. The van der Waals surface area contributed by atoms with E-state index < -0.39 is 0 Å². The maximum Gasteiger partial charge on any atom is 0.294 e. The molecule has 0 fully saturated rings. The molecule has 0 unspecified atom stereocenters. The molecule has 0 spiro atoms. The lowest BCUT2D eigenvalue weighted by molar-refractivity contribution is 0.626. The van der Waals surface area contributed by atoms with Crippen molar-refractivity contribution in [1.29, 1.82) is 0 Å². The van der Waals surface area contributed by atoms with Crippen molar-refractivity contribution in [3.63, 3.8) is 0 Å². The Bertz CT molecular complexity index is 600. The molecule has 0 aromatic carbocycles. The predicted molar refractivity (Wildman–Crippen MR) is 59.5 cm³/mol. The van der Waals surface area contributed by atoms with Crippen molar-refractivity contribution >= 4 is 28.6 Å². The molecule has 4 nitrogen and oxygen atoms in total. The van der Waals surface area contributed by atoms with E-state index in [-0.39, 0.29) is 6.01 Å². The van der Waals surface area contributed by atoms with Crippen molar-refractivity contribution in [3.8, 4) is 11.3 Å². The predicted octanol–water partition coefficient (Wildman–Crippen LogP) is 2.53. The highest BCUT2D eigenvalue weighted by Gasteiger charge is 2.06. The Morgan fingerprint density at radius 2 is 2.13 bits per heavy atom. The lowest BCUT2D eigenvalue weighted by atomic mass is 10.2. The van der Waals surface area contributed by atoms with E-state index in [1.54, 1.807) is 11.3 Å². The summed E-state index contributed by atoms with van der Waals surface area (Å²) in [5.74, 6) is 0. The van der Waals surface area contributed by atoms with E-state index in [1.807, 2.05) is 29.0 Å². The summed E-state index contributed by atoms with van der Waals surface area (Å²) in [5.41, 5.74) is 8.59. The zero-order valence-corrected chi connectivity index (χ0v) is 8.49. The number of oxazole rings is 1. The first-order valence-corrected chi connectivity index (χ1v) is 5.33. The topological polar surface area (TPSA) is 64.9 Å². The fourth-order valence-electron chi connectivity index (χ4n) is 1.41. The van der Waals surface area contributed by atoms with Gasteiger partial charge >= 0.3 is 0 Å². The minimum absolute atomic E-state index is 0.153. The molecular weight excluding hydrogens is 210 g/mol. The summed E-state index contributed by atoms with van der Waals surface area (Å²) in [5, 5.41) is 4.05. The van der Waals surface area contributed by atoms with Gasteiger partial charge in [0.05, 0.1) is 5.69 Å². The lowest BCUT2D eigenvalue weighted by Gasteiger charge is -1.94. The third kappa shape index (κ3) is 1.37. The van der Waals surface area contributed by atoms with Gasteiger partial charge in [0, 0.05) is 10.9 Å². The third-order valence-corrected chi connectivity index (χ3v) is 2.77. The zero-order chi connectivity index (χ0) is 10.3. The molecule has 74 valence electrons. The van der Waals surface area contributed by atoms with Crippen LogP contribution in [0.5, 0.6) is 0 Å². The van der Waals surface area contributed by atoms with Crippen LogP contribution in [0, 0.1) is 0 Å². The fraction of sp³-hybridized carbons (Fsp3) is 0. The first kappa shape index (κ1) is 8.43. The minimum Gasteiger partial charge on any atom is -0.422 e. The molecule has 0 aliphatic carbocycles. The molecule has 2 N–H and O–H groups in total. The van der Waals surface area contributed by atoms with Crippen LogP contribution in [0.1, 0.15) is 0 Å². The van der Waals surface area contributed by atoms with Crippen LogP contribution >= 0.6 is 11.3 Å². The summed E-state index contributed by atoms with van der Waals surface area (Å²) < 4.78 is 5.15. The van der Waals surface area contributed by atoms with Crippen molar-refractivity contribution in [3.05, 3.63) is 29.0 Å². The highest BCUT2D eigenvalue weighted by Crippen LogP contribution is 2.23. The summed E-state index contributed by atoms with van der Waals surface area (Å²) in [7, 11) is 0. The number of nitrogens with zero attached hydrogens (tertiary/aromatic N) is 2. The summed E-state index contributed by atoms with van der Waals surface area (Å²) in [6.07, 6.45) is 0. The van der Waals surface area contributed by atoms with Crippen LogP contribution in [0.15, 0.2) is 33.4 Å². The van der Waals surface area contributed by atoms with Gasteiger partial charge in [-0.25, -0.2) is 4.98 Å². The molecule has 3 rings (SSSR count). The average molecular weight is 217 g/mol. The smallest absolute Gasteiger partial charge is 0.294 e. The van der Waals surface area contributed by atoms with Crippen LogP contribution in [-0.2, 0) is 0 Å². The molecule has 0 aliphatic heterocycles. The van der Waals surface area contributed by atoms with Crippen LogP contribution < -0.4 is 5.73 Å². The van der Waals surface area contributed by atoms with Crippen molar-refractivity contribution < 1.29 is 4.42 Å². The number of hydrogen-bond acceptors (Lipinski definition) is 5. The second kappa shape index (κ2) is 3.06. The summed E-state index contributed by atoms with van der Waals surface area (Å²) in [4.78, 5) is 8.35. The van der Waals surface area contributed by atoms with E-state index in [4.69, 9.17) is 10.2 Å². The van der Waals surface area contributed by atoms with Crippen LogP contribution in [-0.4, -0.2) is 9.97 Å². The summed E-state index contributed by atoms with van der Waals surface area (Å²) >= 11 is 1.64. The van der Waals surface area contributed by atoms with E-state index in [0.29, 0.717) is 11.2 Å². The summed E-state index contributed by atoms with van der Waals surface area (Å²) in [6.45, 7) is 0. The number of nitrogens with two attached hydrogens (primary N) is 1. The highest BCUT2D eigenvalue weighted by atomic mass is 32.1. The minimum atomic E-state index is 0.153. The first-order chi connectivity index (χ1) is 7.33. The van der Waals surface area contributed by atoms with E-state index in [0.717, 1.165) is 11.3 Å². The Balaban J connectivity index is 2.21. The maximum absolute atomic E-state index is 5.44. The van der Waals surface area contributed by atoms with E-state index in [1.165, 1.54) is 0 Å². The second-order valence-electron chi connectivity index (χ2n) is 3.08. The van der Waals surface area contributed by atoms with Gasteiger partial charge in [0.25, 0.3) is 6.01 Å². The van der Waals surface area contributed by atoms with E-state index in [2.05, 4.69) is 9.97 Å². The number of aromatic nitrogens is 2. The van der Waals surface area contributed by atoms with Gasteiger partial charge in [0.15, 0.2) is 5.58 Å². The van der Waals surface area contributed by atoms with Crippen molar-refractivity contribution in [2.75, 3.05) is 5.73 Å². The standard InChI is InChI=1S/C10H7N3OS/c11-10-13-9-8(14-10)2-1-7(12-9)6-3-4-15-5-6/h1-5H,(H2,11,12,13). The van der Waals surface area contributed by atoms with Crippen LogP contribution in [0.3, 0.4) is 0 Å². The van der Waals surface area contributed by atoms with Gasteiger partial charge in [-0.1, -0.05) is 0 Å². The monoisotopic (exact) mass is 217 g/mol. The van der Waals surface area contributed by atoms with Gasteiger partial charge in [-0.3, -0.25) is 0 Å². The molecule has 0 radical (unpaired) electrons. The molecule has 0 aliphatic rings. The van der Waals surface area contributed by atoms with Gasteiger partial charge in [0.2, 0.25) is 5.65 Å². The lowest BCUT2D eigenvalue weighted by Crippen LogP contribution is -1.83. The van der Waals surface area contributed by atoms with Crippen LogP contribution in [0.25, 0.3) is 22.5 Å². The first-order valence-electron chi connectivity index (χ1n) is 4.38. The molecule has 0 bridgehead atoms. The molecule has 3 aromatic rings. The molecule has 0 saturated heterocycles. The van der Waals surface area contributed by atoms with Crippen molar-refractivity contribution in [2.45, 2.75) is 0 Å². The van der Waals surface area contributed by atoms with Crippen molar-refractivity contribution in [2.24, 2.45) is 0 Å². The molecule has 15 heavy (non-hydrogen) atoms. The number of hydrogen-bond donors (Lipinski definition) is 1. The molecular formula is C10H7N3OS. The number of pyridine rings is 1. The van der Waals surface area contributed by atoms with Crippen molar-refractivity contribution in [1.82, 2.24) is 9.97 Å². The van der Waals surface area contributed by atoms with E-state index in [9.17, 15) is 0 Å². The zero-order valence-electron chi connectivity index (χ0n) is 7.68. The fourth-order valence-corrected chi connectivity index (χ4v) is 2.06.